The molecule has 1 aromatic carbocycles. The average molecular weight is 361 g/mol. The van der Waals surface area contributed by atoms with Gasteiger partial charge in [-0.1, -0.05) is 90.2 Å². The van der Waals surface area contributed by atoms with Gasteiger partial charge in [-0.15, -0.1) is 0 Å². The van der Waals surface area contributed by atoms with Crippen molar-refractivity contribution in [2.75, 3.05) is 6.61 Å². The number of ether oxygens (including phenoxy) is 1. The average Bonchev–Trinajstić information content (AvgIpc) is 2.69. The van der Waals surface area contributed by atoms with E-state index in [1.165, 1.54) is 88.2 Å². The van der Waals surface area contributed by atoms with Crippen LogP contribution in [0.1, 0.15) is 102 Å². The van der Waals surface area contributed by atoms with E-state index in [-0.39, 0.29) is 6.61 Å². The van der Waals surface area contributed by atoms with Gasteiger partial charge < -0.3 is 4.74 Å². The molecule has 148 valence electrons. The Kier molecular flexibility index (Phi) is 13.9. The normalized spacial score (nSPS) is 12.7. The molecule has 0 bridgehead atoms. The number of carbonyl (C=O) groups is 1. The van der Waals surface area contributed by atoms with Crippen molar-refractivity contribution >= 4 is 6.29 Å². The third-order valence-electron chi connectivity index (χ3n) is 5.12. The van der Waals surface area contributed by atoms with Crippen molar-refractivity contribution in [1.82, 2.24) is 0 Å². The van der Waals surface area contributed by atoms with Crippen molar-refractivity contribution in [2.45, 2.75) is 104 Å². The summed E-state index contributed by atoms with van der Waals surface area (Å²) in [5, 5.41) is 0. The third-order valence-corrected chi connectivity index (χ3v) is 5.12. The molecule has 0 unspecified atom stereocenters. The molecule has 2 nitrogen and oxygen atoms in total. The van der Waals surface area contributed by atoms with Crippen LogP contribution in [0.4, 0.5) is 0 Å². The molecule has 0 saturated carbocycles. The van der Waals surface area contributed by atoms with Crippen LogP contribution in [0.2, 0.25) is 0 Å². The molecular weight excluding hydrogens is 320 g/mol. The van der Waals surface area contributed by atoms with E-state index in [1.54, 1.807) is 0 Å². The Balaban J connectivity index is 0.000000265. The summed E-state index contributed by atoms with van der Waals surface area (Å²) >= 11 is 0. The number of unbranched alkanes of at least 4 members (excludes halogenated alkanes) is 9. The molecule has 2 heteroatoms. The first kappa shape index (κ1) is 22.7. The topological polar surface area (TPSA) is 26.3 Å². The molecule has 1 aliphatic carbocycles. The highest BCUT2D eigenvalue weighted by atomic mass is 16.5. The molecule has 0 fully saturated rings. The molecule has 0 aliphatic heterocycles. The van der Waals surface area contributed by atoms with Gasteiger partial charge in [0.15, 0.2) is 6.29 Å². The zero-order chi connectivity index (χ0) is 18.9. The Bertz CT molecular complexity index is 457. The molecule has 1 aliphatic rings. The maximum atomic E-state index is 10.2. The predicted octanol–water partition coefficient (Wildman–Crippen LogP) is 7.07. The lowest BCUT2D eigenvalue weighted by molar-refractivity contribution is -0.109. The standard InChI is InChI=1S/C12H14O2.C12H26/c13-8-9-14-12-7-3-5-10-4-1-2-6-11(10)12;1-3-5-7-9-11-12-10-8-6-4-2/h3,5,7-8H,1-2,4,6,9H2;3-12H2,1-2H3. The van der Waals surface area contributed by atoms with Gasteiger partial charge in [0.05, 0.1) is 0 Å². The van der Waals surface area contributed by atoms with Gasteiger partial charge >= 0.3 is 0 Å². The Labute approximate surface area is 161 Å². The SMILES string of the molecule is CCCCCCCCCCCC.O=CCOc1cccc2c1CCCC2. The highest BCUT2D eigenvalue weighted by Gasteiger charge is 2.13. The second-order valence-electron chi connectivity index (χ2n) is 7.41. The number of benzene rings is 1. The van der Waals surface area contributed by atoms with Crippen LogP contribution >= 0.6 is 0 Å². The van der Waals surface area contributed by atoms with Crippen LogP contribution in [-0.2, 0) is 17.6 Å². The van der Waals surface area contributed by atoms with Gasteiger partial charge in [-0.2, -0.15) is 0 Å². The summed E-state index contributed by atoms with van der Waals surface area (Å²) in [7, 11) is 0. The zero-order valence-corrected chi connectivity index (χ0v) is 17.2. The molecule has 0 N–H and O–H groups in total. The first-order valence-corrected chi connectivity index (χ1v) is 11.0. The van der Waals surface area contributed by atoms with Crippen molar-refractivity contribution in [3.63, 3.8) is 0 Å². The summed E-state index contributed by atoms with van der Waals surface area (Å²) in [6, 6.07) is 6.11. The minimum absolute atomic E-state index is 0.163. The molecule has 2 rings (SSSR count). The maximum Gasteiger partial charge on any atom is 0.157 e. The van der Waals surface area contributed by atoms with Gasteiger partial charge in [-0.3, -0.25) is 4.79 Å². The van der Waals surface area contributed by atoms with Crippen LogP contribution in [0.5, 0.6) is 5.75 Å². The van der Waals surface area contributed by atoms with E-state index in [1.807, 2.05) is 12.1 Å². The fraction of sp³-hybridized carbons (Fsp3) is 0.708. The van der Waals surface area contributed by atoms with E-state index >= 15 is 0 Å². The summed E-state index contributed by atoms with van der Waals surface area (Å²) in [6.07, 6.45) is 20.0. The van der Waals surface area contributed by atoms with Gasteiger partial charge in [0.1, 0.15) is 12.4 Å². The largest absolute Gasteiger partial charge is 0.486 e. The highest BCUT2D eigenvalue weighted by Crippen LogP contribution is 2.29. The van der Waals surface area contributed by atoms with Gasteiger partial charge in [0.2, 0.25) is 0 Å². The molecule has 0 saturated heterocycles. The van der Waals surface area contributed by atoms with Gasteiger partial charge in [-0.05, 0) is 42.9 Å². The van der Waals surface area contributed by atoms with Crippen molar-refractivity contribution in [3.8, 4) is 5.75 Å². The number of hydrogen-bond acceptors (Lipinski definition) is 2. The summed E-state index contributed by atoms with van der Waals surface area (Å²) in [4.78, 5) is 10.2. The Morgan fingerprint density at radius 3 is 2.00 bits per heavy atom. The molecule has 0 atom stereocenters. The molecular formula is C24H40O2. The maximum absolute atomic E-state index is 10.2. The van der Waals surface area contributed by atoms with Crippen LogP contribution in [0, 0.1) is 0 Å². The first-order valence-electron chi connectivity index (χ1n) is 11.0. The second kappa shape index (κ2) is 15.9. The van der Waals surface area contributed by atoms with Crippen LogP contribution in [0.3, 0.4) is 0 Å². The van der Waals surface area contributed by atoms with Gasteiger partial charge in [-0.25, -0.2) is 0 Å². The number of fused-ring (bicyclic) bond motifs is 1. The minimum atomic E-state index is 0.163. The first-order chi connectivity index (χ1) is 12.8. The van der Waals surface area contributed by atoms with E-state index in [2.05, 4.69) is 19.9 Å². The molecule has 1 aromatic rings. The summed E-state index contributed by atoms with van der Waals surface area (Å²) < 4.78 is 5.39. The Hall–Kier alpha value is -1.31. The Morgan fingerprint density at radius 2 is 1.42 bits per heavy atom. The van der Waals surface area contributed by atoms with Crippen LogP contribution in [0.25, 0.3) is 0 Å². The smallest absolute Gasteiger partial charge is 0.157 e. The van der Waals surface area contributed by atoms with E-state index in [0.717, 1.165) is 24.9 Å². The van der Waals surface area contributed by atoms with Crippen molar-refractivity contribution < 1.29 is 9.53 Å². The van der Waals surface area contributed by atoms with Crippen molar-refractivity contribution in [1.29, 1.82) is 0 Å². The van der Waals surface area contributed by atoms with E-state index in [0.29, 0.717) is 0 Å². The lowest BCUT2D eigenvalue weighted by atomic mass is 9.91. The van der Waals surface area contributed by atoms with E-state index in [9.17, 15) is 4.79 Å². The molecule has 26 heavy (non-hydrogen) atoms. The van der Waals surface area contributed by atoms with E-state index in [4.69, 9.17) is 4.74 Å². The van der Waals surface area contributed by atoms with Crippen molar-refractivity contribution in [3.05, 3.63) is 29.3 Å². The summed E-state index contributed by atoms with van der Waals surface area (Å²) in [6.45, 7) is 4.72. The quantitative estimate of drug-likeness (QED) is 0.294. The fourth-order valence-corrected chi connectivity index (χ4v) is 3.57. The number of aryl methyl sites for hydroxylation is 1. The molecule has 0 amide bonds. The van der Waals surface area contributed by atoms with E-state index < -0.39 is 0 Å². The molecule has 0 heterocycles. The zero-order valence-electron chi connectivity index (χ0n) is 17.2. The number of rotatable bonds is 12. The van der Waals surface area contributed by atoms with Gasteiger partial charge in [0, 0.05) is 0 Å². The second-order valence-corrected chi connectivity index (χ2v) is 7.41. The molecule has 0 spiro atoms. The number of aldehydes is 1. The van der Waals surface area contributed by atoms with Crippen LogP contribution in [0.15, 0.2) is 18.2 Å². The highest BCUT2D eigenvalue weighted by molar-refractivity contribution is 5.52. The minimum Gasteiger partial charge on any atom is -0.486 e. The predicted molar refractivity (Wildman–Crippen MR) is 112 cm³/mol. The monoisotopic (exact) mass is 360 g/mol. The van der Waals surface area contributed by atoms with Crippen LogP contribution in [-0.4, -0.2) is 12.9 Å². The lowest BCUT2D eigenvalue weighted by Crippen LogP contribution is -2.07. The number of hydrogen-bond donors (Lipinski definition) is 0. The number of carbonyl (C=O) groups excluding carboxylic acids is 1. The summed E-state index contributed by atoms with van der Waals surface area (Å²) in [5.41, 5.74) is 2.69. The fourth-order valence-electron chi connectivity index (χ4n) is 3.57. The molecule has 0 aromatic heterocycles. The summed E-state index contributed by atoms with van der Waals surface area (Å²) in [5.74, 6) is 0.898. The van der Waals surface area contributed by atoms with Gasteiger partial charge in [0.25, 0.3) is 0 Å². The lowest BCUT2D eigenvalue weighted by Gasteiger charge is -2.18. The molecule has 0 radical (unpaired) electrons. The Morgan fingerprint density at radius 1 is 0.846 bits per heavy atom. The van der Waals surface area contributed by atoms with Crippen molar-refractivity contribution in [2.24, 2.45) is 0 Å². The third kappa shape index (κ3) is 9.99. The van der Waals surface area contributed by atoms with Crippen LogP contribution < -0.4 is 4.74 Å².